The van der Waals surface area contributed by atoms with Crippen molar-refractivity contribution < 1.29 is 9.59 Å². The van der Waals surface area contributed by atoms with Gasteiger partial charge in [-0.3, -0.25) is 4.79 Å². The third kappa shape index (κ3) is 4.39. The largest absolute Gasteiger partial charge is 0.331 e. The van der Waals surface area contributed by atoms with E-state index in [0.29, 0.717) is 6.19 Å². The van der Waals surface area contributed by atoms with Crippen molar-refractivity contribution in [3.05, 3.63) is 35.9 Å². The van der Waals surface area contributed by atoms with Crippen LogP contribution in [0.3, 0.4) is 0 Å². The molecule has 0 bridgehead atoms. The standard InChI is InChI=1S/C13H16BBrNO2/c1-10(2)16(14-9-17)8-12(18)13(15)11-6-4-3-5-7-11/h3-7,9-10,13H,8H2,1-2H3. The van der Waals surface area contributed by atoms with E-state index >= 15 is 0 Å². The summed E-state index contributed by atoms with van der Waals surface area (Å²) < 4.78 is 0. The van der Waals surface area contributed by atoms with Crippen molar-refractivity contribution in [3.8, 4) is 0 Å². The number of ketones is 1. The average Bonchev–Trinajstić information content (AvgIpc) is 2.38. The fourth-order valence-electron chi connectivity index (χ4n) is 1.55. The summed E-state index contributed by atoms with van der Waals surface area (Å²) in [5.74, 6) is 0.0352. The van der Waals surface area contributed by atoms with E-state index in [1.54, 1.807) is 4.81 Å². The predicted molar refractivity (Wildman–Crippen MR) is 77.5 cm³/mol. The molecule has 0 aliphatic carbocycles. The van der Waals surface area contributed by atoms with E-state index in [9.17, 15) is 9.59 Å². The molecule has 0 spiro atoms. The smallest absolute Gasteiger partial charge is 0.293 e. The van der Waals surface area contributed by atoms with Crippen LogP contribution in [0, 0.1) is 0 Å². The Hall–Kier alpha value is -0.935. The van der Waals surface area contributed by atoms with Crippen molar-refractivity contribution in [2.75, 3.05) is 6.54 Å². The molecular weight excluding hydrogens is 293 g/mol. The van der Waals surface area contributed by atoms with Crippen LogP contribution in [-0.2, 0) is 9.59 Å². The zero-order chi connectivity index (χ0) is 13.5. The van der Waals surface area contributed by atoms with Crippen LogP contribution in [0.1, 0.15) is 24.2 Å². The molecule has 0 aliphatic heterocycles. The van der Waals surface area contributed by atoms with Gasteiger partial charge in [-0.2, -0.15) is 0 Å². The lowest BCUT2D eigenvalue weighted by molar-refractivity contribution is -0.119. The molecule has 0 N–H and O–H groups in total. The van der Waals surface area contributed by atoms with Crippen LogP contribution < -0.4 is 0 Å². The highest BCUT2D eigenvalue weighted by Gasteiger charge is 2.21. The van der Waals surface area contributed by atoms with Gasteiger partial charge in [0.2, 0.25) is 0 Å². The van der Waals surface area contributed by atoms with Crippen molar-refractivity contribution in [2.24, 2.45) is 0 Å². The number of carbonyl (C=O) groups excluding carboxylic acids is 2. The average molecular weight is 309 g/mol. The van der Waals surface area contributed by atoms with Crippen LogP contribution in [0.15, 0.2) is 30.3 Å². The lowest BCUT2D eigenvalue weighted by atomic mass is 9.91. The molecule has 0 amide bonds. The summed E-state index contributed by atoms with van der Waals surface area (Å²) in [5, 5.41) is 0. The first-order chi connectivity index (χ1) is 8.56. The molecule has 0 saturated heterocycles. The van der Waals surface area contributed by atoms with E-state index < -0.39 is 0 Å². The molecule has 0 saturated carbocycles. The van der Waals surface area contributed by atoms with Crippen molar-refractivity contribution in [3.63, 3.8) is 0 Å². The predicted octanol–water partition coefficient (Wildman–Crippen LogP) is 2.21. The molecule has 1 rings (SSSR count). The fourth-order valence-corrected chi connectivity index (χ4v) is 2.00. The number of alkyl halides is 1. The van der Waals surface area contributed by atoms with E-state index in [2.05, 4.69) is 15.9 Å². The third-order valence-electron chi connectivity index (χ3n) is 2.63. The number of hydrogen-bond donors (Lipinski definition) is 0. The molecule has 5 heteroatoms. The van der Waals surface area contributed by atoms with Gasteiger partial charge < -0.3 is 9.61 Å². The van der Waals surface area contributed by atoms with Gasteiger partial charge in [0.25, 0.3) is 7.41 Å². The van der Waals surface area contributed by atoms with E-state index in [1.807, 2.05) is 44.2 Å². The van der Waals surface area contributed by atoms with Crippen LogP contribution in [0.25, 0.3) is 0 Å². The summed E-state index contributed by atoms with van der Waals surface area (Å²) in [6.45, 7) is 4.11. The topological polar surface area (TPSA) is 37.4 Å². The van der Waals surface area contributed by atoms with Crippen LogP contribution >= 0.6 is 15.9 Å². The highest BCUT2D eigenvalue weighted by molar-refractivity contribution is 9.09. The van der Waals surface area contributed by atoms with Crippen LogP contribution in [0.5, 0.6) is 0 Å². The van der Waals surface area contributed by atoms with Gasteiger partial charge in [0, 0.05) is 6.54 Å². The molecule has 0 aromatic heterocycles. The Labute approximate surface area is 117 Å². The van der Waals surface area contributed by atoms with Gasteiger partial charge in [-0.05, 0) is 11.6 Å². The van der Waals surface area contributed by atoms with Gasteiger partial charge >= 0.3 is 0 Å². The first-order valence-electron chi connectivity index (χ1n) is 5.82. The quantitative estimate of drug-likeness (QED) is 0.440. The number of benzene rings is 1. The Morgan fingerprint density at radius 3 is 2.50 bits per heavy atom. The molecule has 1 atom stereocenters. The Balaban J connectivity index is 2.67. The van der Waals surface area contributed by atoms with Crippen molar-refractivity contribution in [2.45, 2.75) is 24.7 Å². The zero-order valence-corrected chi connectivity index (χ0v) is 12.1. The Morgan fingerprint density at radius 1 is 1.39 bits per heavy atom. The molecule has 95 valence electrons. The molecular formula is C13H16BBrNO2. The minimum Gasteiger partial charge on any atom is -0.331 e. The number of carbonyl (C=O) groups is 2. The maximum atomic E-state index is 12.1. The summed E-state index contributed by atoms with van der Waals surface area (Å²) >= 11 is 3.40. The Bertz CT molecular complexity index is 397. The Kier molecular flexibility index (Phi) is 6.29. The normalized spacial score (nSPS) is 12.5. The lowest BCUT2D eigenvalue weighted by Gasteiger charge is -2.24. The van der Waals surface area contributed by atoms with Crippen molar-refractivity contribution in [1.29, 1.82) is 0 Å². The van der Waals surface area contributed by atoms with Crippen molar-refractivity contribution >= 4 is 35.3 Å². The van der Waals surface area contributed by atoms with E-state index in [1.165, 1.54) is 7.41 Å². The second-order valence-corrected chi connectivity index (χ2v) is 5.21. The molecule has 0 fully saturated rings. The van der Waals surface area contributed by atoms with E-state index in [4.69, 9.17) is 0 Å². The number of halogens is 1. The lowest BCUT2D eigenvalue weighted by Crippen LogP contribution is -2.40. The summed E-state index contributed by atoms with van der Waals surface area (Å²) in [6, 6.07) is 9.63. The van der Waals surface area contributed by atoms with Crippen LogP contribution in [0.4, 0.5) is 0 Å². The maximum Gasteiger partial charge on any atom is 0.293 e. The van der Waals surface area contributed by atoms with Gasteiger partial charge in [-0.1, -0.05) is 60.1 Å². The van der Waals surface area contributed by atoms with Crippen molar-refractivity contribution in [1.82, 2.24) is 4.81 Å². The monoisotopic (exact) mass is 308 g/mol. The molecule has 0 aliphatic rings. The van der Waals surface area contributed by atoms with Gasteiger partial charge in [0.1, 0.15) is 0 Å². The number of nitrogens with zero attached hydrogens (tertiary/aromatic N) is 1. The molecule has 1 aromatic rings. The van der Waals surface area contributed by atoms with Gasteiger partial charge in [0.15, 0.2) is 5.78 Å². The second kappa shape index (κ2) is 7.49. The third-order valence-corrected chi connectivity index (χ3v) is 3.67. The molecule has 1 aromatic carbocycles. The minimum atomic E-state index is -0.333. The van der Waals surface area contributed by atoms with E-state index in [-0.39, 0.29) is 23.2 Å². The minimum absolute atomic E-state index is 0.0352. The maximum absolute atomic E-state index is 12.1. The fraction of sp³-hybridized carbons (Fsp3) is 0.385. The summed E-state index contributed by atoms with van der Waals surface area (Å²) in [4.78, 5) is 24.0. The SMILES string of the molecule is CC(C)N([B]C=O)CC(=O)C(Br)c1ccccc1. The Morgan fingerprint density at radius 2 is 2.00 bits per heavy atom. The zero-order valence-electron chi connectivity index (χ0n) is 10.5. The first kappa shape index (κ1) is 15.1. The highest BCUT2D eigenvalue weighted by atomic mass is 79.9. The number of hydrogen-bond acceptors (Lipinski definition) is 3. The summed E-state index contributed by atoms with van der Waals surface area (Å²) in [7, 11) is 1.41. The first-order valence-corrected chi connectivity index (χ1v) is 6.74. The van der Waals surface area contributed by atoms with E-state index in [0.717, 1.165) is 5.56 Å². The summed E-state index contributed by atoms with van der Waals surface area (Å²) in [5.41, 5.74) is 0.928. The van der Waals surface area contributed by atoms with Crippen LogP contribution in [-0.4, -0.2) is 36.8 Å². The molecule has 18 heavy (non-hydrogen) atoms. The molecule has 1 radical (unpaired) electrons. The second-order valence-electron chi connectivity index (χ2n) is 4.29. The molecule has 0 heterocycles. The summed E-state index contributed by atoms with van der Waals surface area (Å²) in [6.07, 6.45) is 0.707. The molecule has 1 unspecified atom stereocenters. The van der Waals surface area contributed by atoms with Gasteiger partial charge in [-0.25, -0.2) is 0 Å². The molecule has 3 nitrogen and oxygen atoms in total. The van der Waals surface area contributed by atoms with Gasteiger partial charge in [-0.15, -0.1) is 0 Å². The highest BCUT2D eigenvalue weighted by Crippen LogP contribution is 2.23. The number of Topliss-reactive ketones (excluding diaryl/α,β-unsaturated/α-hetero) is 1. The number of rotatable bonds is 7. The van der Waals surface area contributed by atoms with Crippen LogP contribution in [0.2, 0.25) is 0 Å². The van der Waals surface area contributed by atoms with Gasteiger partial charge in [0.05, 0.1) is 11.0 Å².